The van der Waals surface area contributed by atoms with E-state index in [1.165, 1.54) is 6.26 Å². The highest BCUT2D eigenvalue weighted by molar-refractivity contribution is 7.92. The second-order valence-electron chi connectivity index (χ2n) is 5.02. The Bertz CT molecular complexity index is 299. The van der Waals surface area contributed by atoms with E-state index >= 15 is 0 Å². The summed E-state index contributed by atoms with van der Waals surface area (Å²) < 4.78 is 27.9. The maximum Gasteiger partial charge on any atom is 0.154 e. The van der Waals surface area contributed by atoms with E-state index in [1.807, 2.05) is 0 Å². The number of methoxy groups -OCH3 is 1. The van der Waals surface area contributed by atoms with Crippen LogP contribution in [0, 0.1) is 0 Å². The third-order valence-corrected chi connectivity index (χ3v) is 5.47. The monoisotopic (exact) mass is 265 g/mol. The molecule has 0 aliphatic heterocycles. The minimum atomic E-state index is -3.07. The average Bonchev–Trinajstić information content (AvgIpc) is 2.21. The molecule has 0 aromatic carbocycles. The number of sulfone groups is 1. The lowest BCUT2D eigenvalue weighted by atomic mass is 9.98. The predicted octanol–water partition coefficient (Wildman–Crippen LogP) is 1.60. The summed E-state index contributed by atoms with van der Waals surface area (Å²) in [6, 6.07) is -0.0207. The zero-order valence-corrected chi connectivity index (χ0v) is 12.6. The zero-order chi connectivity index (χ0) is 13.5. The van der Waals surface area contributed by atoms with Crippen molar-refractivity contribution in [3.63, 3.8) is 0 Å². The molecular weight excluding hydrogens is 238 g/mol. The summed E-state index contributed by atoms with van der Waals surface area (Å²) in [6.45, 7) is 7.18. The minimum Gasteiger partial charge on any atom is -0.385 e. The van der Waals surface area contributed by atoms with Gasteiger partial charge in [-0.05, 0) is 39.7 Å². The summed E-state index contributed by atoms with van der Waals surface area (Å²) in [5, 5.41) is 3.34. The van der Waals surface area contributed by atoms with Gasteiger partial charge >= 0.3 is 0 Å². The van der Waals surface area contributed by atoms with Crippen molar-refractivity contribution in [1.29, 1.82) is 0 Å². The van der Waals surface area contributed by atoms with Gasteiger partial charge in [-0.2, -0.15) is 0 Å². The average molecular weight is 265 g/mol. The number of ether oxygens (including phenoxy) is 1. The molecule has 4 nitrogen and oxygen atoms in total. The van der Waals surface area contributed by atoms with Gasteiger partial charge in [0.25, 0.3) is 0 Å². The first-order valence-electron chi connectivity index (χ1n) is 6.19. The molecule has 0 aliphatic rings. The Morgan fingerprint density at radius 3 is 2.35 bits per heavy atom. The fraction of sp³-hybridized carbons (Fsp3) is 1.00. The zero-order valence-electron chi connectivity index (χ0n) is 11.7. The van der Waals surface area contributed by atoms with Gasteiger partial charge in [0, 0.05) is 26.0 Å². The van der Waals surface area contributed by atoms with E-state index in [4.69, 9.17) is 4.74 Å². The van der Waals surface area contributed by atoms with Crippen molar-refractivity contribution >= 4 is 9.84 Å². The van der Waals surface area contributed by atoms with Crippen LogP contribution in [0.15, 0.2) is 0 Å². The molecular formula is C12H27NO3S. The first-order valence-corrected chi connectivity index (χ1v) is 8.08. The maximum absolute atomic E-state index is 11.8. The van der Waals surface area contributed by atoms with Gasteiger partial charge in [0.2, 0.25) is 0 Å². The number of rotatable bonds is 9. The standard InChI is InChI=1S/C12H27NO3S/c1-6-9-13-11(8-7-10-16-4)12(2,3)17(5,14)15/h11,13H,6-10H2,1-5H3. The van der Waals surface area contributed by atoms with E-state index in [0.717, 1.165) is 25.8 Å². The molecule has 17 heavy (non-hydrogen) atoms. The number of hydrogen-bond donors (Lipinski definition) is 1. The molecule has 0 saturated carbocycles. The van der Waals surface area contributed by atoms with Crippen molar-refractivity contribution in [1.82, 2.24) is 5.32 Å². The van der Waals surface area contributed by atoms with Gasteiger partial charge in [0.05, 0.1) is 4.75 Å². The molecule has 0 radical (unpaired) electrons. The quantitative estimate of drug-likeness (QED) is 0.643. The molecule has 1 N–H and O–H groups in total. The van der Waals surface area contributed by atoms with Crippen LogP contribution >= 0.6 is 0 Å². The molecule has 0 rings (SSSR count). The van der Waals surface area contributed by atoms with Crippen LogP contribution in [0.4, 0.5) is 0 Å². The van der Waals surface area contributed by atoms with Gasteiger partial charge in [-0.1, -0.05) is 6.92 Å². The third kappa shape index (κ3) is 5.36. The SMILES string of the molecule is CCCNC(CCCOC)C(C)(C)S(C)(=O)=O. The summed E-state index contributed by atoms with van der Waals surface area (Å²) in [5.41, 5.74) is 0. The molecule has 0 amide bonds. The lowest BCUT2D eigenvalue weighted by Gasteiger charge is -2.33. The van der Waals surface area contributed by atoms with Crippen molar-refractivity contribution in [3.8, 4) is 0 Å². The van der Waals surface area contributed by atoms with Crippen LogP contribution in [-0.2, 0) is 14.6 Å². The Balaban J connectivity index is 4.65. The van der Waals surface area contributed by atoms with Crippen LogP contribution in [0.3, 0.4) is 0 Å². The van der Waals surface area contributed by atoms with E-state index in [2.05, 4.69) is 12.2 Å². The molecule has 0 heterocycles. The van der Waals surface area contributed by atoms with E-state index < -0.39 is 14.6 Å². The lowest BCUT2D eigenvalue weighted by Crippen LogP contribution is -2.51. The van der Waals surface area contributed by atoms with Crippen LogP contribution in [0.1, 0.15) is 40.0 Å². The van der Waals surface area contributed by atoms with Gasteiger partial charge < -0.3 is 10.1 Å². The largest absolute Gasteiger partial charge is 0.385 e. The smallest absolute Gasteiger partial charge is 0.154 e. The summed E-state index contributed by atoms with van der Waals surface area (Å²) in [7, 11) is -1.41. The van der Waals surface area contributed by atoms with Gasteiger partial charge in [-0.15, -0.1) is 0 Å². The second-order valence-corrected chi connectivity index (χ2v) is 7.61. The molecule has 0 saturated heterocycles. The normalized spacial score (nSPS) is 14.9. The fourth-order valence-corrected chi connectivity index (χ4v) is 2.42. The van der Waals surface area contributed by atoms with Gasteiger partial charge in [0.15, 0.2) is 9.84 Å². The Labute approximate surface area is 106 Å². The van der Waals surface area contributed by atoms with Gasteiger partial charge in [-0.25, -0.2) is 8.42 Å². The van der Waals surface area contributed by atoms with E-state index in [0.29, 0.717) is 6.61 Å². The third-order valence-electron chi connectivity index (χ3n) is 3.28. The summed E-state index contributed by atoms with van der Waals surface area (Å²) in [6.07, 6.45) is 4.00. The lowest BCUT2D eigenvalue weighted by molar-refractivity contribution is 0.186. The molecule has 0 aromatic heterocycles. The Morgan fingerprint density at radius 2 is 1.94 bits per heavy atom. The highest BCUT2D eigenvalue weighted by atomic mass is 32.2. The van der Waals surface area contributed by atoms with Crippen LogP contribution < -0.4 is 5.32 Å². The van der Waals surface area contributed by atoms with Crippen LogP contribution in [-0.4, -0.2) is 45.7 Å². The van der Waals surface area contributed by atoms with Gasteiger partial charge in [-0.3, -0.25) is 0 Å². The van der Waals surface area contributed by atoms with E-state index in [1.54, 1.807) is 21.0 Å². The summed E-state index contributed by atoms with van der Waals surface area (Å²) in [5.74, 6) is 0. The number of hydrogen-bond acceptors (Lipinski definition) is 4. The van der Waals surface area contributed by atoms with E-state index in [9.17, 15) is 8.42 Å². The highest BCUT2D eigenvalue weighted by Gasteiger charge is 2.38. The van der Waals surface area contributed by atoms with Crippen LogP contribution in [0.25, 0.3) is 0 Å². The van der Waals surface area contributed by atoms with Crippen molar-refractivity contribution < 1.29 is 13.2 Å². The molecule has 0 aromatic rings. The summed E-state index contributed by atoms with van der Waals surface area (Å²) >= 11 is 0. The van der Waals surface area contributed by atoms with Crippen molar-refractivity contribution in [2.75, 3.05) is 26.5 Å². The molecule has 5 heteroatoms. The molecule has 0 aliphatic carbocycles. The van der Waals surface area contributed by atoms with Crippen LogP contribution in [0.2, 0.25) is 0 Å². The maximum atomic E-state index is 11.8. The summed E-state index contributed by atoms with van der Waals surface area (Å²) in [4.78, 5) is 0. The van der Waals surface area contributed by atoms with Crippen molar-refractivity contribution in [2.45, 2.75) is 50.8 Å². The molecule has 1 atom stereocenters. The highest BCUT2D eigenvalue weighted by Crippen LogP contribution is 2.23. The Morgan fingerprint density at radius 1 is 1.35 bits per heavy atom. The van der Waals surface area contributed by atoms with E-state index in [-0.39, 0.29) is 6.04 Å². The number of nitrogens with one attached hydrogen (secondary N) is 1. The first-order chi connectivity index (χ1) is 7.77. The van der Waals surface area contributed by atoms with Crippen molar-refractivity contribution in [3.05, 3.63) is 0 Å². The topological polar surface area (TPSA) is 55.4 Å². The Kier molecular flexibility index (Phi) is 7.28. The molecule has 0 fully saturated rings. The molecule has 1 unspecified atom stereocenters. The van der Waals surface area contributed by atoms with Gasteiger partial charge in [0.1, 0.15) is 0 Å². The first kappa shape index (κ1) is 16.9. The molecule has 0 bridgehead atoms. The predicted molar refractivity (Wildman–Crippen MR) is 72.1 cm³/mol. The molecule has 0 spiro atoms. The minimum absolute atomic E-state index is 0.0207. The fourth-order valence-electron chi connectivity index (χ4n) is 1.70. The van der Waals surface area contributed by atoms with Crippen molar-refractivity contribution in [2.24, 2.45) is 0 Å². The Hall–Kier alpha value is -0.130. The second kappa shape index (κ2) is 7.34. The van der Waals surface area contributed by atoms with Crippen LogP contribution in [0.5, 0.6) is 0 Å². The molecule has 104 valence electrons.